The Morgan fingerprint density at radius 1 is 0.968 bits per heavy atom. The molecule has 0 radical (unpaired) electrons. The van der Waals surface area contributed by atoms with Crippen LogP contribution < -0.4 is 5.32 Å². The number of azo groups is 1. The Labute approximate surface area is 180 Å². The van der Waals surface area contributed by atoms with Gasteiger partial charge >= 0.3 is 5.97 Å². The number of anilines is 1. The van der Waals surface area contributed by atoms with Crippen molar-refractivity contribution in [3.63, 3.8) is 0 Å². The molecule has 0 saturated carbocycles. The second-order valence-electron chi connectivity index (χ2n) is 6.82. The van der Waals surface area contributed by atoms with Crippen molar-refractivity contribution >= 4 is 28.9 Å². The van der Waals surface area contributed by atoms with Gasteiger partial charge in [-0.1, -0.05) is 31.2 Å². The Morgan fingerprint density at radius 3 is 2.32 bits per heavy atom. The molecule has 158 valence electrons. The normalized spacial score (nSPS) is 11.8. The molecule has 3 aromatic rings. The average molecular weight is 417 g/mol. The zero-order valence-corrected chi connectivity index (χ0v) is 17.3. The molecule has 0 aromatic heterocycles. The lowest BCUT2D eigenvalue weighted by atomic mass is 10.1. The van der Waals surface area contributed by atoms with Crippen LogP contribution in [0.25, 0.3) is 0 Å². The number of nitrogens with one attached hydrogen (secondary N) is 1. The average Bonchev–Trinajstić information content (AvgIpc) is 2.79. The number of hydrogen-bond acceptors (Lipinski definition) is 6. The van der Waals surface area contributed by atoms with Gasteiger partial charge in [0.15, 0.2) is 6.10 Å². The van der Waals surface area contributed by atoms with Crippen LogP contribution in [0.2, 0.25) is 0 Å². The number of hydrogen-bond donors (Lipinski definition) is 2. The molecular weight excluding hydrogens is 394 g/mol. The Kier molecular flexibility index (Phi) is 7.11. The molecule has 0 fully saturated rings. The molecule has 7 heteroatoms. The maximum atomic E-state index is 12.6. The van der Waals surface area contributed by atoms with Crippen LogP contribution in [0.3, 0.4) is 0 Å². The molecule has 0 aliphatic rings. The van der Waals surface area contributed by atoms with Gasteiger partial charge in [0.05, 0.1) is 11.3 Å². The first-order valence-corrected chi connectivity index (χ1v) is 9.87. The van der Waals surface area contributed by atoms with Crippen LogP contribution in [0.1, 0.15) is 29.8 Å². The monoisotopic (exact) mass is 417 g/mol. The highest BCUT2D eigenvalue weighted by Crippen LogP contribution is 2.24. The molecule has 0 aliphatic carbocycles. The van der Waals surface area contributed by atoms with Crippen LogP contribution >= 0.6 is 0 Å². The van der Waals surface area contributed by atoms with Crippen LogP contribution in [0.4, 0.5) is 17.1 Å². The molecule has 1 atom stereocenters. The summed E-state index contributed by atoms with van der Waals surface area (Å²) < 4.78 is 5.34. The molecule has 7 nitrogen and oxygen atoms in total. The molecule has 0 heterocycles. The third-order valence-corrected chi connectivity index (χ3v) is 4.53. The molecule has 1 amide bonds. The van der Waals surface area contributed by atoms with Crippen LogP contribution in [0, 0.1) is 0 Å². The number of rotatable bonds is 7. The maximum Gasteiger partial charge on any atom is 0.341 e. The van der Waals surface area contributed by atoms with Crippen molar-refractivity contribution in [2.75, 3.05) is 5.32 Å². The first kappa shape index (κ1) is 21.7. The van der Waals surface area contributed by atoms with Crippen LogP contribution in [-0.4, -0.2) is 23.1 Å². The summed E-state index contributed by atoms with van der Waals surface area (Å²) in [5.74, 6) is -0.985. The summed E-state index contributed by atoms with van der Waals surface area (Å²) in [5, 5.41) is 20.3. The lowest BCUT2D eigenvalue weighted by Gasteiger charge is -2.14. The number of phenols is 1. The van der Waals surface area contributed by atoms with E-state index in [-0.39, 0.29) is 11.3 Å². The molecule has 31 heavy (non-hydrogen) atoms. The quantitative estimate of drug-likeness (QED) is 0.388. The summed E-state index contributed by atoms with van der Waals surface area (Å²) in [7, 11) is 0. The van der Waals surface area contributed by atoms with Crippen LogP contribution in [0.15, 0.2) is 83.0 Å². The van der Waals surface area contributed by atoms with Gasteiger partial charge in [-0.3, -0.25) is 4.79 Å². The molecule has 0 saturated heterocycles. The van der Waals surface area contributed by atoms with Gasteiger partial charge in [-0.25, -0.2) is 4.79 Å². The first-order valence-electron chi connectivity index (χ1n) is 9.87. The Morgan fingerprint density at radius 2 is 1.65 bits per heavy atom. The topological polar surface area (TPSA) is 100 Å². The lowest BCUT2D eigenvalue weighted by molar-refractivity contribution is -0.123. The molecule has 3 rings (SSSR count). The van der Waals surface area contributed by atoms with Crippen LogP contribution in [-0.2, 0) is 16.0 Å². The Bertz CT molecular complexity index is 1080. The highest BCUT2D eigenvalue weighted by Gasteiger charge is 2.21. The fourth-order valence-electron chi connectivity index (χ4n) is 2.71. The van der Waals surface area contributed by atoms with E-state index in [1.165, 1.54) is 19.1 Å². The predicted octanol–water partition coefficient (Wildman–Crippen LogP) is 5.55. The second-order valence-corrected chi connectivity index (χ2v) is 6.82. The molecule has 0 aliphatic heterocycles. The van der Waals surface area contributed by atoms with E-state index in [0.717, 1.165) is 12.0 Å². The van der Waals surface area contributed by atoms with E-state index in [4.69, 9.17) is 4.74 Å². The number of amides is 1. The molecule has 0 bridgehead atoms. The number of phenolic OH excluding ortho intramolecular Hbond substituents is 1. The van der Waals surface area contributed by atoms with Gasteiger partial charge in [0.2, 0.25) is 0 Å². The summed E-state index contributed by atoms with van der Waals surface area (Å²) in [5.41, 5.74) is 2.81. The summed E-state index contributed by atoms with van der Waals surface area (Å²) >= 11 is 0. The van der Waals surface area contributed by atoms with Gasteiger partial charge in [0.1, 0.15) is 11.4 Å². The van der Waals surface area contributed by atoms with Crippen molar-refractivity contribution in [1.29, 1.82) is 0 Å². The Hall–Kier alpha value is -4.00. The number of carbonyl (C=O) groups is 2. The number of esters is 1. The first-order chi connectivity index (χ1) is 15.0. The highest BCUT2D eigenvalue weighted by atomic mass is 16.5. The number of aryl methyl sites for hydroxylation is 1. The van der Waals surface area contributed by atoms with Gasteiger partial charge in [-0.15, -0.1) is 5.11 Å². The number of ether oxygens (including phenoxy) is 1. The summed E-state index contributed by atoms with van der Waals surface area (Å²) in [6.07, 6.45) is -0.0911. The smallest absolute Gasteiger partial charge is 0.341 e. The van der Waals surface area contributed by atoms with Crippen LogP contribution in [0.5, 0.6) is 5.75 Å². The maximum absolute atomic E-state index is 12.6. The van der Waals surface area contributed by atoms with E-state index in [1.807, 2.05) is 24.3 Å². The standard InChI is InChI=1S/C24H23N3O4/c1-3-17-8-10-18(11-9-17)25-23(29)16(2)31-24(30)21-6-4-5-7-22(21)27-26-19-12-14-20(28)15-13-19/h4-16,28H,3H2,1-2H3,(H,25,29)/t16-/m1/s1. The van der Waals surface area contributed by atoms with Crippen molar-refractivity contribution in [2.45, 2.75) is 26.4 Å². The number of aromatic hydroxyl groups is 1. The minimum atomic E-state index is -1.000. The third-order valence-electron chi connectivity index (χ3n) is 4.53. The fraction of sp³-hybridized carbons (Fsp3) is 0.167. The molecule has 0 unspecified atom stereocenters. The van der Waals surface area contributed by atoms with Crippen molar-refractivity contribution in [1.82, 2.24) is 0 Å². The molecule has 0 spiro atoms. The third kappa shape index (κ3) is 5.99. The zero-order valence-electron chi connectivity index (χ0n) is 17.3. The van der Waals surface area contributed by atoms with E-state index in [1.54, 1.807) is 36.4 Å². The van der Waals surface area contributed by atoms with E-state index in [9.17, 15) is 14.7 Å². The van der Waals surface area contributed by atoms with Gasteiger partial charge in [0, 0.05) is 5.69 Å². The minimum absolute atomic E-state index is 0.122. The van der Waals surface area contributed by atoms with Crippen molar-refractivity contribution in [3.8, 4) is 5.75 Å². The number of nitrogens with zero attached hydrogens (tertiary/aromatic N) is 2. The SMILES string of the molecule is CCc1ccc(NC(=O)[C@@H](C)OC(=O)c2ccccc2N=Nc2ccc(O)cc2)cc1. The number of benzene rings is 3. The van der Waals surface area contributed by atoms with Crippen molar-refractivity contribution < 1.29 is 19.4 Å². The zero-order chi connectivity index (χ0) is 22.2. The van der Waals surface area contributed by atoms with E-state index >= 15 is 0 Å². The van der Waals surface area contributed by atoms with Crippen molar-refractivity contribution in [3.05, 3.63) is 83.9 Å². The molecule has 3 aromatic carbocycles. The van der Waals surface area contributed by atoms with E-state index < -0.39 is 18.0 Å². The summed E-state index contributed by atoms with van der Waals surface area (Å²) in [4.78, 5) is 25.0. The number of carbonyl (C=O) groups excluding carboxylic acids is 2. The highest BCUT2D eigenvalue weighted by molar-refractivity contribution is 5.99. The summed E-state index contributed by atoms with van der Waals surface area (Å²) in [6.45, 7) is 3.56. The summed E-state index contributed by atoms with van der Waals surface area (Å²) in [6, 6.07) is 20.2. The largest absolute Gasteiger partial charge is 0.508 e. The second kappa shape index (κ2) is 10.2. The van der Waals surface area contributed by atoms with Gasteiger partial charge < -0.3 is 15.2 Å². The van der Waals surface area contributed by atoms with E-state index in [0.29, 0.717) is 17.1 Å². The fourth-order valence-corrected chi connectivity index (χ4v) is 2.71. The van der Waals surface area contributed by atoms with Gasteiger partial charge in [-0.05, 0) is 67.4 Å². The predicted molar refractivity (Wildman–Crippen MR) is 118 cm³/mol. The lowest BCUT2D eigenvalue weighted by Crippen LogP contribution is -2.30. The van der Waals surface area contributed by atoms with Gasteiger partial charge in [-0.2, -0.15) is 5.11 Å². The van der Waals surface area contributed by atoms with E-state index in [2.05, 4.69) is 22.5 Å². The Balaban J connectivity index is 1.66. The van der Waals surface area contributed by atoms with Crippen molar-refractivity contribution in [2.24, 2.45) is 10.2 Å². The molecule has 2 N–H and O–H groups in total. The van der Waals surface area contributed by atoms with Gasteiger partial charge in [0.25, 0.3) is 5.91 Å². The minimum Gasteiger partial charge on any atom is -0.508 e. The molecular formula is C24H23N3O4.